The lowest BCUT2D eigenvalue weighted by molar-refractivity contribution is -0.274. The fourth-order valence-electron chi connectivity index (χ4n) is 3.30. The lowest BCUT2D eigenvalue weighted by Gasteiger charge is -2.33. The Morgan fingerprint density at radius 3 is 2.40 bits per heavy atom. The second-order valence-corrected chi connectivity index (χ2v) is 9.20. The zero-order chi connectivity index (χ0) is 22.2. The van der Waals surface area contributed by atoms with Crippen molar-refractivity contribution >= 4 is 22.0 Å². The summed E-state index contributed by atoms with van der Waals surface area (Å²) in [4.78, 5) is 23.2. The summed E-state index contributed by atoms with van der Waals surface area (Å²) in [6.07, 6.45) is -4.61. The van der Waals surface area contributed by atoms with Gasteiger partial charge >= 0.3 is 12.4 Å². The molecule has 2 heterocycles. The molecular formula is C17H20F3N3O6S. The van der Waals surface area contributed by atoms with Gasteiger partial charge < -0.3 is 14.8 Å². The number of amides is 3. The van der Waals surface area contributed by atoms with Crippen molar-refractivity contribution in [1.29, 1.82) is 0 Å². The lowest BCUT2D eigenvalue weighted by Crippen LogP contribution is -2.53. The third-order valence-electron chi connectivity index (χ3n) is 4.72. The third kappa shape index (κ3) is 5.33. The van der Waals surface area contributed by atoms with Crippen LogP contribution < -0.4 is 20.1 Å². The molecule has 2 aliphatic rings. The number of benzene rings is 1. The molecule has 2 saturated heterocycles. The van der Waals surface area contributed by atoms with Crippen molar-refractivity contribution in [2.24, 2.45) is 0 Å². The number of ether oxygens (including phenoxy) is 2. The van der Waals surface area contributed by atoms with Gasteiger partial charge in [0.25, 0.3) is 5.91 Å². The molecule has 1 aromatic rings. The second kappa shape index (κ2) is 7.95. The Balaban J connectivity index is 1.56. The van der Waals surface area contributed by atoms with Crippen LogP contribution in [-0.2, 0) is 14.8 Å². The predicted molar refractivity (Wildman–Crippen MR) is 97.2 cm³/mol. The van der Waals surface area contributed by atoms with Crippen LogP contribution in [0.3, 0.4) is 0 Å². The molecule has 3 amide bonds. The molecule has 0 bridgehead atoms. The quantitative estimate of drug-likeness (QED) is 0.632. The summed E-state index contributed by atoms with van der Waals surface area (Å²) in [7, 11) is -3.85. The van der Waals surface area contributed by atoms with Gasteiger partial charge in [0, 0.05) is 19.2 Å². The number of nitrogens with zero attached hydrogens (tertiary/aromatic N) is 1. The van der Waals surface area contributed by atoms with E-state index in [0.717, 1.165) is 12.1 Å². The molecular weight excluding hydrogens is 431 g/mol. The molecule has 2 fully saturated rings. The number of alkyl halides is 3. The Labute approximate surface area is 170 Å². The number of piperidine rings is 1. The monoisotopic (exact) mass is 451 g/mol. The maximum Gasteiger partial charge on any atom is 0.573 e. The first-order valence-electron chi connectivity index (χ1n) is 9.00. The zero-order valence-corrected chi connectivity index (χ0v) is 16.7. The van der Waals surface area contributed by atoms with E-state index < -0.39 is 51.5 Å². The Hall–Kier alpha value is -2.54. The van der Waals surface area contributed by atoms with Gasteiger partial charge in [-0.15, -0.1) is 13.2 Å². The van der Waals surface area contributed by atoms with E-state index in [1.54, 1.807) is 0 Å². The van der Waals surface area contributed by atoms with Crippen molar-refractivity contribution in [1.82, 2.24) is 14.9 Å². The molecule has 0 aliphatic carbocycles. The number of rotatable bonds is 6. The number of halogens is 3. The summed E-state index contributed by atoms with van der Waals surface area (Å²) in [5.74, 6) is -1.53. The van der Waals surface area contributed by atoms with Crippen LogP contribution in [0.1, 0.15) is 19.8 Å². The van der Waals surface area contributed by atoms with E-state index in [4.69, 9.17) is 4.74 Å². The maximum atomic E-state index is 12.7. The summed E-state index contributed by atoms with van der Waals surface area (Å²) in [6, 6.07) is 4.35. The van der Waals surface area contributed by atoms with Gasteiger partial charge in [-0.2, -0.15) is 0 Å². The number of carbonyl (C=O) groups excluding carboxylic acids is 2. The standard InChI is InChI=1S/C17H20F3N3O6S/c1-16(14(24)21-15(25)22-16)10-30(26,27)23-7-5-11(6-8-23)28-12-3-2-4-13(9-12)29-17(18,19)20/h2-4,9,11H,5-8,10H2,1H3,(H2,21,22,24,25)/t16-/m1/s1. The molecule has 0 saturated carbocycles. The molecule has 0 unspecified atom stereocenters. The molecule has 0 radical (unpaired) electrons. The third-order valence-corrected chi connectivity index (χ3v) is 6.82. The van der Waals surface area contributed by atoms with E-state index in [1.165, 1.54) is 23.4 Å². The number of carbonyl (C=O) groups is 2. The molecule has 0 spiro atoms. The fraction of sp³-hybridized carbons (Fsp3) is 0.529. The van der Waals surface area contributed by atoms with E-state index in [-0.39, 0.29) is 18.8 Å². The first kappa shape index (κ1) is 22.2. The van der Waals surface area contributed by atoms with Gasteiger partial charge in [-0.05, 0) is 31.9 Å². The number of urea groups is 1. The summed E-state index contributed by atoms with van der Waals surface area (Å²) < 4.78 is 73.1. The van der Waals surface area contributed by atoms with Crippen molar-refractivity contribution in [3.8, 4) is 11.5 Å². The first-order valence-corrected chi connectivity index (χ1v) is 10.6. The number of imide groups is 1. The van der Waals surface area contributed by atoms with Crippen LogP contribution in [0.4, 0.5) is 18.0 Å². The summed E-state index contributed by atoms with van der Waals surface area (Å²) >= 11 is 0. The highest BCUT2D eigenvalue weighted by molar-refractivity contribution is 7.89. The molecule has 0 aromatic heterocycles. The summed E-state index contributed by atoms with van der Waals surface area (Å²) in [5, 5.41) is 4.33. The highest BCUT2D eigenvalue weighted by Gasteiger charge is 2.47. The van der Waals surface area contributed by atoms with Crippen LogP contribution in [0.2, 0.25) is 0 Å². The number of sulfonamides is 1. The van der Waals surface area contributed by atoms with E-state index in [1.807, 2.05) is 5.32 Å². The number of nitrogens with one attached hydrogen (secondary N) is 2. The van der Waals surface area contributed by atoms with Crippen LogP contribution in [0, 0.1) is 0 Å². The summed E-state index contributed by atoms with van der Waals surface area (Å²) in [6.45, 7) is 1.55. The van der Waals surface area contributed by atoms with Gasteiger partial charge in [-0.3, -0.25) is 10.1 Å². The van der Waals surface area contributed by atoms with Gasteiger partial charge in [-0.1, -0.05) is 6.07 Å². The smallest absolute Gasteiger partial charge is 0.490 e. The first-order chi connectivity index (χ1) is 13.9. The van der Waals surface area contributed by atoms with Crippen LogP contribution in [0.15, 0.2) is 24.3 Å². The Morgan fingerprint density at radius 1 is 1.20 bits per heavy atom. The SMILES string of the molecule is C[C@]1(CS(=O)(=O)N2CCC(Oc3cccc(OC(F)(F)F)c3)CC2)NC(=O)NC1=O. The van der Waals surface area contributed by atoms with Crippen LogP contribution in [0.5, 0.6) is 11.5 Å². The van der Waals surface area contributed by atoms with Crippen LogP contribution >= 0.6 is 0 Å². The highest BCUT2D eigenvalue weighted by atomic mass is 32.2. The molecule has 3 rings (SSSR count). The van der Waals surface area contributed by atoms with E-state index in [9.17, 15) is 31.2 Å². The molecule has 1 atom stereocenters. The number of hydrogen-bond donors (Lipinski definition) is 2. The molecule has 13 heteroatoms. The minimum Gasteiger partial charge on any atom is -0.490 e. The van der Waals surface area contributed by atoms with Crippen molar-refractivity contribution in [2.75, 3.05) is 18.8 Å². The van der Waals surface area contributed by atoms with Crippen molar-refractivity contribution in [3.05, 3.63) is 24.3 Å². The molecule has 166 valence electrons. The minimum absolute atomic E-state index is 0.109. The zero-order valence-electron chi connectivity index (χ0n) is 15.9. The summed E-state index contributed by atoms with van der Waals surface area (Å²) in [5.41, 5.74) is -1.55. The number of hydrogen-bond acceptors (Lipinski definition) is 6. The molecule has 2 N–H and O–H groups in total. The average Bonchev–Trinajstić information content (AvgIpc) is 2.85. The topological polar surface area (TPSA) is 114 Å². The largest absolute Gasteiger partial charge is 0.573 e. The molecule has 9 nitrogen and oxygen atoms in total. The van der Waals surface area contributed by atoms with Crippen molar-refractivity contribution < 1.29 is 40.7 Å². The Bertz CT molecular complexity index is 931. The van der Waals surface area contributed by atoms with Crippen LogP contribution in [-0.4, -0.2) is 61.5 Å². The maximum absolute atomic E-state index is 12.7. The Morgan fingerprint density at radius 2 is 1.83 bits per heavy atom. The normalized spacial score (nSPS) is 23.7. The molecule has 1 aromatic carbocycles. The van der Waals surface area contributed by atoms with Gasteiger partial charge in [0.15, 0.2) is 0 Å². The predicted octanol–water partition coefficient (Wildman–Crippen LogP) is 1.36. The molecule has 2 aliphatic heterocycles. The highest BCUT2D eigenvalue weighted by Crippen LogP contribution is 2.28. The minimum atomic E-state index is -4.81. The van der Waals surface area contributed by atoms with E-state index >= 15 is 0 Å². The fourth-order valence-corrected chi connectivity index (χ4v) is 5.19. The van der Waals surface area contributed by atoms with Crippen LogP contribution in [0.25, 0.3) is 0 Å². The van der Waals surface area contributed by atoms with Gasteiger partial charge in [0.2, 0.25) is 10.0 Å². The Kier molecular flexibility index (Phi) is 5.87. The van der Waals surface area contributed by atoms with E-state index in [0.29, 0.717) is 12.8 Å². The van der Waals surface area contributed by atoms with Gasteiger partial charge in [-0.25, -0.2) is 17.5 Å². The van der Waals surface area contributed by atoms with E-state index in [2.05, 4.69) is 10.1 Å². The lowest BCUT2D eigenvalue weighted by atomic mass is 10.1. The van der Waals surface area contributed by atoms with Gasteiger partial charge in [0.1, 0.15) is 23.1 Å². The van der Waals surface area contributed by atoms with Crippen molar-refractivity contribution in [3.63, 3.8) is 0 Å². The second-order valence-electron chi connectivity index (χ2n) is 7.24. The molecule has 30 heavy (non-hydrogen) atoms. The average molecular weight is 451 g/mol. The van der Waals surface area contributed by atoms with Crippen molar-refractivity contribution in [2.45, 2.75) is 37.8 Å². The van der Waals surface area contributed by atoms with Gasteiger partial charge in [0.05, 0.1) is 5.75 Å².